The minimum absolute atomic E-state index is 0.101. The molecule has 0 aliphatic carbocycles. The minimum Gasteiger partial charge on any atom is -0.449 e. The standard InChI is InChI=1S/C88H158N4O4/c1-6-10-14-18-22-26-30-34-38-42-46-50-54-58-62-67-73-90(74-68-63-59-55-51-47-43-39-35-31-27-23-19-15-11-7-2)87(93)95-82-85-78-84(79-89(5)80-85)81-92-77-71-66-72-86(92)83-96-88(94)91(75-69-64-60-56-52-48-44-40-36-32-28-24-20-16-12-8-3)76-70-65-61-57-53-49-45-41-37-33-29-25-21-17-13-9-4/h22-29,34-41,84-86H,6-21,30-33,42-83H2,1-5H3/b26-22-,27-23-,28-24-,29-25-,38-34-,39-35-,40-36-,41-37-. The third-order valence-electron chi connectivity index (χ3n) is 19.9. The molecule has 2 heterocycles. The Balaban J connectivity index is 1.91. The first-order chi connectivity index (χ1) is 47.4. The van der Waals surface area contributed by atoms with Gasteiger partial charge in [0.2, 0.25) is 0 Å². The number of allylic oxidation sites excluding steroid dienone is 16. The molecule has 0 N–H and O–H groups in total. The molecule has 0 aromatic heterocycles. The number of piperidine rings is 2. The second-order valence-corrected chi connectivity index (χ2v) is 29.3. The predicted octanol–water partition coefficient (Wildman–Crippen LogP) is 26.5. The van der Waals surface area contributed by atoms with E-state index in [0.29, 0.717) is 25.0 Å². The van der Waals surface area contributed by atoms with Crippen molar-refractivity contribution < 1.29 is 19.1 Å². The van der Waals surface area contributed by atoms with E-state index >= 15 is 0 Å². The van der Waals surface area contributed by atoms with Gasteiger partial charge < -0.3 is 24.2 Å². The van der Waals surface area contributed by atoms with Crippen LogP contribution in [0.25, 0.3) is 0 Å². The van der Waals surface area contributed by atoms with Crippen molar-refractivity contribution in [2.45, 2.75) is 368 Å². The lowest BCUT2D eigenvalue weighted by Crippen LogP contribution is -2.50. The molecule has 96 heavy (non-hydrogen) atoms. The fourth-order valence-electron chi connectivity index (χ4n) is 13.9. The summed E-state index contributed by atoms with van der Waals surface area (Å²) in [5.41, 5.74) is 0. The van der Waals surface area contributed by atoms with Gasteiger partial charge in [0.05, 0.1) is 6.61 Å². The van der Waals surface area contributed by atoms with Crippen LogP contribution in [0, 0.1) is 11.8 Å². The summed E-state index contributed by atoms with van der Waals surface area (Å²) in [7, 11) is 2.25. The van der Waals surface area contributed by atoms with Crippen LogP contribution in [-0.2, 0) is 9.47 Å². The van der Waals surface area contributed by atoms with Crippen LogP contribution in [0.4, 0.5) is 9.59 Å². The quantitative estimate of drug-likeness (QED) is 0.0447. The predicted molar refractivity (Wildman–Crippen MR) is 422 cm³/mol. The highest BCUT2D eigenvalue weighted by molar-refractivity contribution is 5.68. The van der Waals surface area contributed by atoms with Crippen LogP contribution in [0.1, 0.15) is 362 Å². The summed E-state index contributed by atoms with van der Waals surface area (Å²) >= 11 is 0. The Morgan fingerprint density at radius 1 is 0.344 bits per heavy atom. The molecular weight excluding hydrogens is 1180 g/mol. The van der Waals surface area contributed by atoms with E-state index in [9.17, 15) is 9.59 Å². The number of likely N-dealkylation sites (tertiary alicyclic amines) is 2. The van der Waals surface area contributed by atoms with Gasteiger partial charge >= 0.3 is 12.2 Å². The topological polar surface area (TPSA) is 65.6 Å². The molecule has 0 radical (unpaired) electrons. The van der Waals surface area contributed by atoms with Gasteiger partial charge in [-0.2, -0.15) is 0 Å². The Kier molecular flexibility index (Phi) is 64.4. The Morgan fingerprint density at radius 2 is 0.625 bits per heavy atom. The molecule has 0 saturated carbocycles. The molecule has 3 unspecified atom stereocenters. The minimum atomic E-state index is -0.103. The summed E-state index contributed by atoms with van der Waals surface area (Å²) in [6.45, 7) is 17.3. The van der Waals surface area contributed by atoms with E-state index < -0.39 is 0 Å². The second kappa shape index (κ2) is 69.8. The Labute approximate surface area is 597 Å². The van der Waals surface area contributed by atoms with Crippen LogP contribution in [0.3, 0.4) is 0 Å². The molecule has 2 amide bonds. The Hall–Kier alpha value is -3.62. The van der Waals surface area contributed by atoms with Crippen LogP contribution < -0.4 is 0 Å². The third-order valence-corrected chi connectivity index (χ3v) is 19.9. The number of carbonyl (C=O) groups is 2. The zero-order valence-corrected chi connectivity index (χ0v) is 64.2. The number of amides is 2. The summed E-state index contributed by atoms with van der Waals surface area (Å²) < 4.78 is 12.7. The van der Waals surface area contributed by atoms with Gasteiger partial charge in [0.15, 0.2) is 0 Å². The smallest absolute Gasteiger partial charge is 0.409 e. The maximum atomic E-state index is 14.1. The van der Waals surface area contributed by atoms with E-state index in [2.05, 4.69) is 152 Å². The maximum Gasteiger partial charge on any atom is 0.409 e. The van der Waals surface area contributed by atoms with E-state index in [0.717, 1.165) is 117 Å². The molecule has 0 bridgehead atoms. The van der Waals surface area contributed by atoms with Crippen molar-refractivity contribution in [3.63, 3.8) is 0 Å². The summed E-state index contributed by atoms with van der Waals surface area (Å²) in [4.78, 5) is 37.4. The van der Waals surface area contributed by atoms with Gasteiger partial charge in [-0.1, -0.05) is 285 Å². The average molecular weight is 1340 g/mol. The molecule has 8 heteroatoms. The monoisotopic (exact) mass is 1340 g/mol. The molecule has 2 aliphatic rings. The molecule has 2 rings (SSSR count). The first-order valence-corrected chi connectivity index (χ1v) is 41.9. The normalized spacial score (nSPS) is 16.9. The van der Waals surface area contributed by atoms with Gasteiger partial charge in [-0.15, -0.1) is 0 Å². The van der Waals surface area contributed by atoms with E-state index in [1.54, 1.807) is 0 Å². The number of unbranched alkanes of at least 4 members (excludes halogenated alkanes) is 36. The third kappa shape index (κ3) is 56.2. The number of nitrogens with zero attached hydrogens (tertiary/aromatic N) is 4. The Morgan fingerprint density at radius 3 is 0.948 bits per heavy atom. The second-order valence-electron chi connectivity index (χ2n) is 29.3. The van der Waals surface area contributed by atoms with Gasteiger partial charge in [-0.25, -0.2) is 9.59 Å². The van der Waals surface area contributed by atoms with Crippen molar-refractivity contribution >= 4 is 12.2 Å². The first-order valence-electron chi connectivity index (χ1n) is 41.9. The van der Waals surface area contributed by atoms with Crippen LogP contribution in [0.5, 0.6) is 0 Å². The SMILES string of the molecule is CCCCC/C=C\C/C=C\CCCCCCCCN(CCCCCCCC/C=C\C/C=C\CCCCC)C(=O)OCC1CC(CN2CCCCC2COC(=O)N(CCCCCCCC/C=C\C/C=C\CCCCC)CCCCCCCC/C=C\C/C=C\CCCCC)CN(C)C1. The fourth-order valence-corrected chi connectivity index (χ4v) is 13.9. The molecule has 0 spiro atoms. The number of hydrogen-bond acceptors (Lipinski definition) is 6. The van der Waals surface area contributed by atoms with Crippen molar-refractivity contribution in [2.24, 2.45) is 11.8 Å². The highest BCUT2D eigenvalue weighted by Gasteiger charge is 2.32. The maximum absolute atomic E-state index is 14.1. The zero-order valence-electron chi connectivity index (χ0n) is 64.2. The molecular formula is C88H158N4O4. The van der Waals surface area contributed by atoms with Crippen molar-refractivity contribution in [3.8, 4) is 0 Å². The lowest BCUT2D eigenvalue weighted by Gasteiger charge is -2.41. The van der Waals surface area contributed by atoms with Crippen LogP contribution in [0.15, 0.2) is 97.2 Å². The van der Waals surface area contributed by atoms with Crippen LogP contribution in [0.2, 0.25) is 0 Å². The number of hydrogen-bond donors (Lipinski definition) is 0. The summed E-state index contributed by atoms with van der Waals surface area (Å²) in [5.74, 6) is 0.803. The van der Waals surface area contributed by atoms with Gasteiger partial charge in [-0.3, -0.25) is 4.90 Å². The highest BCUT2D eigenvalue weighted by Crippen LogP contribution is 2.27. The summed E-state index contributed by atoms with van der Waals surface area (Å²) in [6, 6.07) is 0.254. The van der Waals surface area contributed by atoms with Gasteiger partial charge in [0, 0.05) is 57.8 Å². The van der Waals surface area contributed by atoms with E-state index in [1.165, 1.54) is 270 Å². The molecule has 0 aromatic carbocycles. The number of ether oxygens (including phenoxy) is 2. The number of rotatable bonds is 66. The molecule has 2 saturated heterocycles. The summed E-state index contributed by atoms with van der Waals surface area (Å²) in [5, 5.41) is 0. The lowest BCUT2D eigenvalue weighted by atomic mass is 9.88. The highest BCUT2D eigenvalue weighted by atomic mass is 16.6. The first kappa shape index (κ1) is 88.5. The number of carbonyl (C=O) groups excluding carboxylic acids is 2. The van der Waals surface area contributed by atoms with E-state index in [4.69, 9.17) is 9.47 Å². The molecule has 0 aromatic rings. The molecule has 8 nitrogen and oxygen atoms in total. The van der Waals surface area contributed by atoms with Crippen molar-refractivity contribution in [2.75, 3.05) is 72.6 Å². The molecule has 3 atom stereocenters. The van der Waals surface area contributed by atoms with Gasteiger partial charge in [0.25, 0.3) is 0 Å². The van der Waals surface area contributed by atoms with Crippen molar-refractivity contribution in [1.82, 2.24) is 19.6 Å². The Bertz CT molecular complexity index is 1860. The fraction of sp³-hybridized carbons (Fsp3) is 0.795. The molecule has 2 fully saturated rings. The van der Waals surface area contributed by atoms with E-state index in [-0.39, 0.29) is 18.2 Å². The molecule has 2 aliphatic heterocycles. The molecule has 554 valence electrons. The van der Waals surface area contributed by atoms with Gasteiger partial charge in [0.1, 0.15) is 6.61 Å². The van der Waals surface area contributed by atoms with Gasteiger partial charge in [-0.05, 0) is 193 Å². The van der Waals surface area contributed by atoms with Crippen LogP contribution in [-0.4, -0.2) is 110 Å². The average Bonchev–Trinajstić information content (AvgIpc) is 0.915. The zero-order chi connectivity index (χ0) is 68.8. The van der Waals surface area contributed by atoms with Crippen molar-refractivity contribution in [3.05, 3.63) is 97.2 Å². The largest absolute Gasteiger partial charge is 0.449 e. The lowest BCUT2D eigenvalue weighted by molar-refractivity contribution is 0.0202. The van der Waals surface area contributed by atoms with Crippen LogP contribution >= 0.6 is 0 Å². The summed E-state index contributed by atoms with van der Waals surface area (Å²) in [6.07, 6.45) is 101. The van der Waals surface area contributed by atoms with E-state index in [1.807, 2.05) is 0 Å². The van der Waals surface area contributed by atoms with Crippen molar-refractivity contribution in [1.29, 1.82) is 0 Å².